The van der Waals surface area contributed by atoms with Crippen LogP contribution in [0, 0.1) is 6.92 Å². The summed E-state index contributed by atoms with van der Waals surface area (Å²) in [6.45, 7) is 4.56. The monoisotopic (exact) mass is 449 g/mol. The number of rotatable bonds is 10. The van der Waals surface area contributed by atoms with Gasteiger partial charge in [-0.25, -0.2) is 4.79 Å². The molecule has 0 radical (unpaired) electrons. The van der Waals surface area contributed by atoms with Crippen molar-refractivity contribution in [1.82, 2.24) is 4.57 Å². The van der Waals surface area contributed by atoms with Crippen LogP contribution in [-0.2, 0) is 0 Å². The third-order valence-electron chi connectivity index (χ3n) is 5.48. The van der Waals surface area contributed by atoms with Crippen molar-refractivity contribution in [3.05, 3.63) is 57.0 Å². The van der Waals surface area contributed by atoms with Crippen molar-refractivity contribution in [3.63, 3.8) is 0 Å². The summed E-state index contributed by atoms with van der Waals surface area (Å²) in [4.78, 5) is 24.1. The number of carbonyl (C=O) groups is 1. The standard InChI is InChI=1S/C24H29F2NO5/c1-6-15(11-17-14(4)9-10-21(31-5)22(17)32-24(25)26)19-12-20(28)18(23(29)30)13-27(19)16(7-2)8-3/h9-13,16,24H,6-8H2,1-5H3,(H,29,30)/b15-11+. The lowest BCUT2D eigenvalue weighted by Gasteiger charge is -2.24. The van der Waals surface area contributed by atoms with Gasteiger partial charge in [0.1, 0.15) is 5.56 Å². The maximum atomic E-state index is 13.1. The Morgan fingerprint density at radius 1 is 1.22 bits per heavy atom. The Balaban J connectivity index is 2.84. The number of pyridine rings is 1. The summed E-state index contributed by atoms with van der Waals surface area (Å²) in [7, 11) is 1.37. The maximum absolute atomic E-state index is 13.1. The number of aromatic nitrogens is 1. The van der Waals surface area contributed by atoms with Crippen LogP contribution in [0.2, 0.25) is 0 Å². The number of hydrogen-bond acceptors (Lipinski definition) is 4. The Hall–Kier alpha value is -3.16. The molecule has 0 bridgehead atoms. The first-order valence-electron chi connectivity index (χ1n) is 10.5. The molecule has 0 saturated carbocycles. The Morgan fingerprint density at radius 2 is 1.88 bits per heavy atom. The largest absolute Gasteiger partial charge is 0.493 e. The second kappa shape index (κ2) is 10.9. The van der Waals surface area contributed by atoms with E-state index in [4.69, 9.17) is 9.47 Å². The Labute approximate surface area is 186 Å². The van der Waals surface area contributed by atoms with Gasteiger partial charge in [-0.3, -0.25) is 4.79 Å². The molecule has 0 fully saturated rings. The number of benzene rings is 1. The van der Waals surface area contributed by atoms with Crippen molar-refractivity contribution in [1.29, 1.82) is 0 Å². The predicted molar refractivity (Wildman–Crippen MR) is 120 cm³/mol. The van der Waals surface area contributed by atoms with Crippen molar-refractivity contribution < 1.29 is 28.2 Å². The van der Waals surface area contributed by atoms with Gasteiger partial charge in [0.15, 0.2) is 16.9 Å². The molecule has 6 nitrogen and oxygen atoms in total. The lowest BCUT2D eigenvalue weighted by molar-refractivity contribution is -0.0513. The van der Waals surface area contributed by atoms with Gasteiger partial charge in [0.25, 0.3) is 0 Å². The quantitative estimate of drug-likeness (QED) is 0.498. The molecule has 174 valence electrons. The number of aryl methyl sites for hydroxylation is 1. The highest BCUT2D eigenvalue weighted by atomic mass is 19.3. The summed E-state index contributed by atoms with van der Waals surface area (Å²) >= 11 is 0. The second-order valence-corrected chi connectivity index (χ2v) is 7.35. The molecule has 0 amide bonds. The first kappa shape index (κ1) is 25.1. The fourth-order valence-electron chi connectivity index (χ4n) is 3.71. The molecule has 2 rings (SSSR count). The van der Waals surface area contributed by atoms with Gasteiger partial charge in [0.05, 0.1) is 7.11 Å². The lowest BCUT2D eigenvalue weighted by atomic mass is 9.98. The van der Waals surface area contributed by atoms with Crippen molar-refractivity contribution in [2.75, 3.05) is 7.11 Å². The normalized spacial score (nSPS) is 11.8. The molecule has 0 saturated heterocycles. The highest BCUT2D eigenvalue weighted by Crippen LogP contribution is 2.38. The zero-order valence-electron chi connectivity index (χ0n) is 18.9. The van der Waals surface area contributed by atoms with E-state index in [-0.39, 0.29) is 23.1 Å². The number of methoxy groups -OCH3 is 1. The minimum absolute atomic E-state index is 0.0400. The van der Waals surface area contributed by atoms with Gasteiger partial charge >= 0.3 is 12.6 Å². The van der Waals surface area contributed by atoms with Gasteiger partial charge in [0, 0.05) is 29.6 Å². The molecule has 32 heavy (non-hydrogen) atoms. The highest BCUT2D eigenvalue weighted by Gasteiger charge is 2.21. The number of hydrogen-bond donors (Lipinski definition) is 1. The van der Waals surface area contributed by atoms with Crippen LogP contribution in [0.4, 0.5) is 8.78 Å². The Morgan fingerprint density at radius 3 is 2.38 bits per heavy atom. The zero-order valence-corrected chi connectivity index (χ0v) is 18.9. The molecule has 0 spiro atoms. The molecule has 1 heterocycles. The van der Waals surface area contributed by atoms with E-state index in [1.807, 2.05) is 20.8 Å². The fraction of sp³-hybridized carbons (Fsp3) is 0.417. The van der Waals surface area contributed by atoms with Gasteiger partial charge in [0.2, 0.25) is 0 Å². The SMILES string of the molecule is CC/C(=C\c1c(C)ccc(OC)c1OC(F)F)c1cc(=O)c(C(=O)O)cn1C(CC)CC. The number of carboxylic acid groups (broad SMARTS) is 1. The second-order valence-electron chi connectivity index (χ2n) is 7.35. The molecule has 0 atom stereocenters. The smallest absolute Gasteiger partial charge is 0.387 e. The van der Waals surface area contributed by atoms with E-state index in [1.165, 1.54) is 19.4 Å². The average molecular weight is 449 g/mol. The minimum atomic E-state index is -3.04. The third kappa shape index (κ3) is 5.36. The molecular weight excluding hydrogens is 420 g/mol. The van der Waals surface area contributed by atoms with Gasteiger partial charge < -0.3 is 19.1 Å². The molecule has 0 aliphatic heterocycles. The minimum Gasteiger partial charge on any atom is -0.493 e. The van der Waals surface area contributed by atoms with E-state index in [1.54, 1.807) is 29.7 Å². The molecule has 0 aliphatic rings. The fourth-order valence-corrected chi connectivity index (χ4v) is 3.71. The van der Waals surface area contributed by atoms with Gasteiger partial charge in [-0.2, -0.15) is 8.78 Å². The van der Waals surface area contributed by atoms with Crippen molar-refractivity contribution >= 4 is 17.6 Å². The lowest BCUT2D eigenvalue weighted by Crippen LogP contribution is -2.22. The summed E-state index contributed by atoms with van der Waals surface area (Å²) in [5.74, 6) is -1.22. The first-order valence-corrected chi connectivity index (χ1v) is 10.5. The zero-order chi connectivity index (χ0) is 24.0. The topological polar surface area (TPSA) is 77.8 Å². The van der Waals surface area contributed by atoms with Crippen LogP contribution >= 0.6 is 0 Å². The van der Waals surface area contributed by atoms with Crippen LogP contribution < -0.4 is 14.9 Å². The van der Waals surface area contributed by atoms with Crippen LogP contribution in [0.3, 0.4) is 0 Å². The summed E-state index contributed by atoms with van der Waals surface area (Å²) in [5, 5.41) is 9.42. The molecule has 1 N–H and O–H groups in total. The van der Waals surface area contributed by atoms with Gasteiger partial charge in [-0.05, 0) is 49.5 Å². The predicted octanol–water partition coefficient (Wildman–Crippen LogP) is 5.78. The van der Waals surface area contributed by atoms with Crippen molar-refractivity contribution in [2.24, 2.45) is 0 Å². The molecule has 1 aromatic carbocycles. The molecule has 0 aliphatic carbocycles. The van der Waals surface area contributed by atoms with Crippen LogP contribution in [0.1, 0.15) is 73.3 Å². The van der Waals surface area contributed by atoms with E-state index in [2.05, 4.69) is 0 Å². The summed E-state index contributed by atoms with van der Waals surface area (Å²) in [6.07, 6.45) is 4.98. The molecule has 1 aromatic heterocycles. The van der Waals surface area contributed by atoms with Crippen LogP contribution in [0.15, 0.2) is 29.2 Å². The van der Waals surface area contributed by atoms with Crippen molar-refractivity contribution in [2.45, 2.75) is 59.6 Å². The number of alkyl halides is 2. The van der Waals surface area contributed by atoms with Crippen LogP contribution in [0.25, 0.3) is 11.6 Å². The highest BCUT2D eigenvalue weighted by molar-refractivity contribution is 5.88. The first-order chi connectivity index (χ1) is 15.2. The van der Waals surface area contributed by atoms with E-state index in [9.17, 15) is 23.5 Å². The average Bonchev–Trinajstić information content (AvgIpc) is 2.74. The van der Waals surface area contributed by atoms with E-state index < -0.39 is 18.0 Å². The summed E-state index contributed by atoms with van der Waals surface area (Å²) in [5.41, 5.74) is 1.40. The number of halogens is 2. The third-order valence-corrected chi connectivity index (χ3v) is 5.48. The van der Waals surface area contributed by atoms with Crippen molar-refractivity contribution in [3.8, 4) is 11.5 Å². The Kier molecular flexibility index (Phi) is 8.57. The molecule has 8 heteroatoms. The number of nitrogens with zero attached hydrogens (tertiary/aromatic N) is 1. The maximum Gasteiger partial charge on any atom is 0.387 e. The van der Waals surface area contributed by atoms with E-state index in [0.717, 1.165) is 12.8 Å². The summed E-state index contributed by atoms with van der Waals surface area (Å²) < 4.78 is 38.0. The Bertz CT molecular complexity index is 1060. The van der Waals surface area contributed by atoms with E-state index in [0.29, 0.717) is 28.8 Å². The molecular formula is C24H29F2NO5. The number of allylic oxidation sites excluding steroid dienone is 1. The van der Waals surface area contributed by atoms with E-state index >= 15 is 0 Å². The molecule has 2 aromatic rings. The number of ether oxygens (including phenoxy) is 2. The molecule has 0 unspecified atom stereocenters. The summed E-state index contributed by atoms with van der Waals surface area (Å²) in [6, 6.07) is 4.55. The van der Waals surface area contributed by atoms with Gasteiger partial charge in [-0.15, -0.1) is 0 Å². The van der Waals surface area contributed by atoms with Crippen LogP contribution in [0.5, 0.6) is 11.5 Å². The number of aromatic carboxylic acids is 1. The van der Waals surface area contributed by atoms with Crippen LogP contribution in [-0.4, -0.2) is 29.4 Å². The number of carboxylic acids is 1. The van der Waals surface area contributed by atoms with Gasteiger partial charge in [-0.1, -0.05) is 26.8 Å².